The molecule has 0 aromatic heterocycles. The Kier molecular flexibility index (Phi) is 7.68. The van der Waals surface area contributed by atoms with Crippen LogP contribution in [0.4, 0.5) is 8.78 Å². The molecule has 4 atom stereocenters. The Bertz CT molecular complexity index is 819. The van der Waals surface area contributed by atoms with Crippen LogP contribution in [0.15, 0.2) is 18.2 Å². The molecule has 1 saturated heterocycles. The van der Waals surface area contributed by atoms with Gasteiger partial charge in [-0.15, -0.1) is 0 Å². The zero-order valence-corrected chi connectivity index (χ0v) is 18.2. The number of carbonyl (C=O) groups is 2. The number of likely N-dealkylation sites (tertiary alicyclic amines) is 1. The number of hydrogen-bond donors (Lipinski definition) is 3. The van der Waals surface area contributed by atoms with E-state index in [1.54, 1.807) is 0 Å². The van der Waals surface area contributed by atoms with Crippen molar-refractivity contribution in [1.29, 1.82) is 0 Å². The van der Waals surface area contributed by atoms with E-state index in [1.165, 1.54) is 18.2 Å². The Labute approximate surface area is 186 Å². The molecule has 1 aliphatic carbocycles. The van der Waals surface area contributed by atoms with Gasteiger partial charge in [0.15, 0.2) is 12.1 Å². The van der Waals surface area contributed by atoms with Gasteiger partial charge in [-0.1, -0.05) is 36.9 Å². The monoisotopic (exact) mass is 458 g/mol. The Morgan fingerprint density at radius 1 is 1.16 bits per heavy atom. The lowest BCUT2D eigenvalue weighted by atomic mass is 9.84. The molecular weight excluding hydrogens is 428 g/mol. The summed E-state index contributed by atoms with van der Waals surface area (Å²) in [7, 11) is 0. The van der Waals surface area contributed by atoms with E-state index in [0.717, 1.165) is 32.1 Å². The van der Waals surface area contributed by atoms with Gasteiger partial charge in [-0.25, -0.2) is 18.1 Å². The van der Waals surface area contributed by atoms with Crippen molar-refractivity contribution in [1.82, 2.24) is 0 Å². The van der Waals surface area contributed by atoms with Crippen molar-refractivity contribution in [3.05, 3.63) is 34.3 Å². The molecule has 6 nitrogen and oxygen atoms in total. The molecule has 2 aliphatic rings. The molecule has 1 heterocycles. The van der Waals surface area contributed by atoms with Crippen LogP contribution in [-0.2, 0) is 16.1 Å². The standard InChI is InChI=1S/C22H30ClF2N3O3/c23-15-8-9-16(18(26)20(24)25)14(11-15)12-28(10-4-7-17(28)21(27)30)22(31)19(29)13-5-2-1-3-6-13/h8-9,11,13,17-20,29H,1-7,10,12,26H2,(H-,27,30)/p+1/t17-,18?,19+,28?/m0/s1. The first kappa shape index (κ1) is 24.0. The van der Waals surface area contributed by atoms with Gasteiger partial charge in [0.1, 0.15) is 6.54 Å². The van der Waals surface area contributed by atoms with Crippen LogP contribution in [-0.4, -0.2) is 46.5 Å². The van der Waals surface area contributed by atoms with Gasteiger partial charge in [0, 0.05) is 23.4 Å². The molecule has 1 aromatic rings. The fourth-order valence-electron chi connectivity index (χ4n) is 5.28. The van der Waals surface area contributed by atoms with Crippen LogP contribution < -0.4 is 11.5 Å². The van der Waals surface area contributed by atoms with E-state index in [-0.39, 0.29) is 22.5 Å². The zero-order chi connectivity index (χ0) is 22.8. The third kappa shape index (κ3) is 4.92. The Hall–Kier alpha value is -1.61. The number of nitrogens with zero attached hydrogens (tertiary/aromatic N) is 1. The summed E-state index contributed by atoms with van der Waals surface area (Å²) in [4.78, 5) is 26.0. The average molecular weight is 459 g/mol. The second-order valence-electron chi connectivity index (χ2n) is 8.86. The second-order valence-corrected chi connectivity index (χ2v) is 9.30. The van der Waals surface area contributed by atoms with E-state index in [2.05, 4.69) is 0 Å². The van der Waals surface area contributed by atoms with Crippen molar-refractivity contribution in [2.24, 2.45) is 17.4 Å². The van der Waals surface area contributed by atoms with Crippen LogP contribution >= 0.6 is 11.6 Å². The average Bonchev–Trinajstić information content (AvgIpc) is 3.18. The minimum Gasteiger partial charge on any atom is -0.379 e. The summed E-state index contributed by atoms with van der Waals surface area (Å²) in [6.07, 6.45) is 1.36. The maximum absolute atomic E-state index is 13.7. The zero-order valence-electron chi connectivity index (χ0n) is 17.5. The van der Waals surface area contributed by atoms with Gasteiger partial charge in [-0.3, -0.25) is 4.79 Å². The fourth-order valence-corrected chi connectivity index (χ4v) is 5.47. The summed E-state index contributed by atoms with van der Waals surface area (Å²) in [5.74, 6) is -1.28. The minimum atomic E-state index is -2.80. The maximum Gasteiger partial charge on any atom is 0.343 e. The molecule has 0 bridgehead atoms. The van der Waals surface area contributed by atoms with E-state index in [0.29, 0.717) is 30.0 Å². The number of primary amides is 1. The van der Waals surface area contributed by atoms with Crippen LogP contribution in [0.2, 0.25) is 5.02 Å². The number of alkyl halides is 2. The molecule has 172 valence electrons. The largest absolute Gasteiger partial charge is 0.379 e. The molecule has 0 spiro atoms. The number of nitrogens with two attached hydrogens (primary N) is 2. The lowest BCUT2D eigenvalue weighted by Gasteiger charge is -2.39. The van der Waals surface area contributed by atoms with Crippen molar-refractivity contribution in [2.45, 2.75) is 76.1 Å². The number of aliphatic hydroxyl groups excluding tert-OH is 1. The predicted molar refractivity (Wildman–Crippen MR) is 113 cm³/mol. The molecule has 1 aromatic carbocycles. The van der Waals surface area contributed by atoms with Crippen LogP contribution in [0, 0.1) is 5.92 Å². The highest BCUT2D eigenvalue weighted by molar-refractivity contribution is 6.30. The van der Waals surface area contributed by atoms with Crippen molar-refractivity contribution < 1.29 is 28.0 Å². The van der Waals surface area contributed by atoms with Gasteiger partial charge in [0.05, 0.1) is 12.6 Å². The molecule has 2 fully saturated rings. The Morgan fingerprint density at radius 3 is 2.45 bits per heavy atom. The summed E-state index contributed by atoms with van der Waals surface area (Å²) in [5.41, 5.74) is 11.9. The Morgan fingerprint density at radius 2 is 1.84 bits per heavy atom. The van der Waals surface area contributed by atoms with Crippen LogP contribution in [0.1, 0.15) is 62.1 Å². The van der Waals surface area contributed by atoms with Gasteiger partial charge in [-0.05, 0) is 36.5 Å². The smallest absolute Gasteiger partial charge is 0.343 e. The highest BCUT2D eigenvalue weighted by Gasteiger charge is 2.54. The van der Waals surface area contributed by atoms with Crippen LogP contribution in [0.3, 0.4) is 0 Å². The first-order chi connectivity index (χ1) is 14.7. The highest BCUT2D eigenvalue weighted by atomic mass is 35.5. The number of carbonyl (C=O) groups excluding carboxylic acids is 2. The van der Waals surface area contributed by atoms with Crippen molar-refractivity contribution in [3.63, 3.8) is 0 Å². The lowest BCUT2D eigenvalue weighted by molar-refractivity contribution is -0.872. The number of aliphatic hydroxyl groups is 1. The molecule has 5 N–H and O–H groups in total. The molecule has 2 amide bonds. The predicted octanol–water partition coefficient (Wildman–Crippen LogP) is 3.04. The molecule has 9 heteroatoms. The first-order valence-electron chi connectivity index (χ1n) is 10.9. The first-order valence-corrected chi connectivity index (χ1v) is 11.3. The van der Waals surface area contributed by atoms with E-state index >= 15 is 0 Å². The third-order valence-electron chi connectivity index (χ3n) is 6.94. The van der Waals surface area contributed by atoms with Gasteiger partial charge < -0.3 is 16.6 Å². The summed E-state index contributed by atoms with van der Waals surface area (Å²) in [6, 6.07) is 2.03. The number of rotatable bonds is 7. The second kappa shape index (κ2) is 9.90. The minimum absolute atomic E-state index is 0.0630. The van der Waals surface area contributed by atoms with Gasteiger partial charge in [0.25, 0.3) is 12.3 Å². The van der Waals surface area contributed by atoms with Crippen molar-refractivity contribution in [3.8, 4) is 0 Å². The summed E-state index contributed by atoms with van der Waals surface area (Å²) < 4.78 is 26.4. The molecular formula is C22H31ClF2N3O3+. The van der Waals surface area contributed by atoms with E-state index in [9.17, 15) is 23.5 Å². The number of halogens is 3. The van der Waals surface area contributed by atoms with Gasteiger partial charge >= 0.3 is 5.91 Å². The van der Waals surface area contributed by atoms with Crippen LogP contribution in [0.5, 0.6) is 0 Å². The number of benzene rings is 1. The molecule has 0 radical (unpaired) electrons. The highest BCUT2D eigenvalue weighted by Crippen LogP contribution is 2.37. The topological polar surface area (TPSA) is 106 Å². The van der Waals surface area contributed by atoms with E-state index in [4.69, 9.17) is 23.1 Å². The number of quaternary nitrogens is 1. The lowest BCUT2D eigenvalue weighted by Crippen LogP contribution is -2.63. The fraction of sp³-hybridized carbons (Fsp3) is 0.636. The Balaban J connectivity index is 2.02. The van der Waals surface area contributed by atoms with Crippen LogP contribution in [0.25, 0.3) is 0 Å². The number of hydrogen-bond acceptors (Lipinski definition) is 4. The quantitative estimate of drug-likeness (QED) is 0.546. The van der Waals surface area contributed by atoms with Gasteiger partial charge in [0.2, 0.25) is 0 Å². The molecule has 3 rings (SSSR count). The van der Waals surface area contributed by atoms with Crippen molar-refractivity contribution >= 4 is 23.4 Å². The van der Waals surface area contributed by atoms with E-state index < -0.39 is 36.4 Å². The van der Waals surface area contributed by atoms with Gasteiger partial charge in [-0.2, -0.15) is 0 Å². The normalized spacial score (nSPS) is 26.7. The third-order valence-corrected chi connectivity index (χ3v) is 7.17. The number of amides is 2. The molecule has 1 saturated carbocycles. The van der Waals surface area contributed by atoms with Crippen molar-refractivity contribution in [2.75, 3.05) is 6.54 Å². The molecule has 31 heavy (non-hydrogen) atoms. The SMILES string of the molecule is NC(=O)[C@@H]1CCC[N+]1(Cc1cc(Cl)ccc1C(N)C(F)F)C(=O)[C@H](O)C1CCCCC1. The summed E-state index contributed by atoms with van der Waals surface area (Å²) in [6.45, 7) is 0.235. The summed E-state index contributed by atoms with van der Waals surface area (Å²) >= 11 is 6.13. The maximum atomic E-state index is 13.7. The van der Waals surface area contributed by atoms with E-state index in [1.807, 2.05) is 0 Å². The molecule has 1 aliphatic heterocycles. The molecule has 2 unspecified atom stereocenters. The summed E-state index contributed by atoms with van der Waals surface area (Å²) in [5, 5.41) is 11.3.